The third kappa shape index (κ3) is 3.87. The lowest BCUT2D eigenvalue weighted by Gasteiger charge is -2.18. The number of hydrogen-bond donors (Lipinski definition) is 0. The second kappa shape index (κ2) is 8.79. The summed E-state index contributed by atoms with van der Waals surface area (Å²) in [6, 6.07) is 11.7. The van der Waals surface area contributed by atoms with E-state index in [1.54, 1.807) is 16.2 Å². The minimum Gasteiger partial charge on any atom is -0.452 e. The van der Waals surface area contributed by atoms with E-state index in [4.69, 9.17) is 9.72 Å². The number of carbonyl (C=O) groups excluding carboxylic acids is 2. The number of hydrogen-bond acceptors (Lipinski definition) is 5. The van der Waals surface area contributed by atoms with Gasteiger partial charge in [0, 0.05) is 23.4 Å². The van der Waals surface area contributed by atoms with Crippen molar-refractivity contribution in [3.05, 3.63) is 63.5 Å². The van der Waals surface area contributed by atoms with Gasteiger partial charge in [0.15, 0.2) is 6.61 Å². The molecule has 0 fully saturated rings. The Bertz CT molecular complexity index is 1110. The zero-order chi connectivity index (χ0) is 21.1. The van der Waals surface area contributed by atoms with Gasteiger partial charge in [0.25, 0.3) is 5.91 Å². The van der Waals surface area contributed by atoms with Crippen LogP contribution in [0.2, 0.25) is 0 Å². The van der Waals surface area contributed by atoms with Crippen molar-refractivity contribution in [3.8, 4) is 0 Å². The molecule has 0 unspecified atom stereocenters. The fraction of sp³-hybridized carbons (Fsp3) is 0.292. The van der Waals surface area contributed by atoms with Gasteiger partial charge in [-0.15, -0.1) is 11.3 Å². The maximum atomic E-state index is 13.1. The molecule has 0 saturated carbocycles. The summed E-state index contributed by atoms with van der Waals surface area (Å²) >= 11 is 1.68. The highest BCUT2D eigenvalue weighted by atomic mass is 32.1. The Hall–Kier alpha value is -2.99. The van der Waals surface area contributed by atoms with Crippen LogP contribution in [0.3, 0.4) is 0 Å². The second-order valence-corrected chi connectivity index (χ2v) is 8.14. The zero-order valence-electron chi connectivity index (χ0n) is 17.2. The van der Waals surface area contributed by atoms with Crippen LogP contribution in [0.5, 0.6) is 0 Å². The normalized spacial score (nSPS) is 14.1. The van der Waals surface area contributed by atoms with E-state index < -0.39 is 5.97 Å². The van der Waals surface area contributed by atoms with Crippen molar-refractivity contribution in [2.75, 3.05) is 19.7 Å². The third-order valence-corrected chi connectivity index (χ3v) is 6.27. The molecule has 5 nitrogen and oxygen atoms in total. The van der Waals surface area contributed by atoms with Crippen LogP contribution < -0.4 is 0 Å². The lowest BCUT2D eigenvalue weighted by Crippen LogP contribution is -2.34. The number of ether oxygens (including phenoxy) is 1. The molecule has 0 bridgehead atoms. The first-order valence-corrected chi connectivity index (χ1v) is 11.1. The first-order valence-electron chi connectivity index (χ1n) is 10.2. The number of esters is 1. The number of rotatable bonds is 6. The Morgan fingerprint density at radius 3 is 2.67 bits per heavy atom. The van der Waals surface area contributed by atoms with E-state index >= 15 is 0 Å². The number of thiophene rings is 1. The van der Waals surface area contributed by atoms with Crippen molar-refractivity contribution in [3.63, 3.8) is 0 Å². The van der Waals surface area contributed by atoms with Gasteiger partial charge in [-0.3, -0.25) is 4.79 Å². The molecule has 0 radical (unpaired) electrons. The van der Waals surface area contributed by atoms with E-state index in [0.29, 0.717) is 18.7 Å². The molecule has 0 spiro atoms. The van der Waals surface area contributed by atoms with Crippen molar-refractivity contribution >= 4 is 45.8 Å². The average Bonchev–Trinajstić information content (AvgIpc) is 3.42. The van der Waals surface area contributed by atoms with Crippen molar-refractivity contribution in [2.45, 2.75) is 26.7 Å². The van der Waals surface area contributed by atoms with E-state index in [2.05, 4.69) is 12.1 Å². The lowest BCUT2D eigenvalue weighted by molar-refractivity contribution is -0.134. The molecule has 0 saturated heterocycles. The van der Waals surface area contributed by atoms with Crippen LogP contribution in [0.4, 0.5) is 0 Å². The zero-order valence-corrected chi connectivity index (χ0v) is 18.0. The summed E-state index contributed by atoms with van der Waals surface area (Å²) in [6.07, 6.45) is 3.71. The van der Waals surface area contributed by atoms with E-state index in [1.165, 1.54) is 4.88 Å². The number of benzene rings is 1. The molecule has 2 aromatic heterocycles. The van der Waals surface area contributed by atoms with Crippen molar-refractivity contribution < 1.29 is 14.3 Å². The SMILES string of the molecule is CCN(CC)C(=O)COC(=O)c1c2c(nc3ccccc13)/C(=C\c1cccs1)CC2. The highest BCUT2D eigenvalue weighted by molar-refractivity contribution is 7.10. The number of likely N-dealkylation sites (N-methyl/N-ethyl adjacent to an activating group) is 1. The minimum absolute atomic E-state index is 0.179. The molecule has 0 N–H and O–H groups in total. The summed E-state index contributed by atoms with van der Waals surface area (Å²) in [7, 11) is 0. The van der Waals surface area contributed by atoms with Gasteiger partial charge in [-0.25, -0.2) is 9.78 Å². The average molecular weight is 421 g/mol. The standard InChI is InChI=1S/C24H24N2O3S/c1-3-26(4-2)21(27)15-29-24(28)22-18-9-5-6-10-20(18)25-23-16(11-12-19(22)23)14-17-8-7-13-30-17/h5-10,13-14H,3-4,11-12,15H2,1-2H3/b16-14-. The fourth-order valence-corrected chi connectivity index (χ4v) is 4.61. The molecule has 2 heterocycles. The van der Waals surface area contributed by atoms with Crippen molar-refractivity contribution in [1.29, 1.82) is 0 Å². The quantitative estimate of drug-likeness (QED) is 0.537. The molecule has 154 valence electrons. The molecule has 1 aliphatic rings. The summed E-state index contributed by atoms with van der Waals surface area (Å²) in [5.74, 6) is -0.635. The Morgan fingerprint density at radius 2 is 1.93 bits per heavy atom. The van der Waals surface area contributed by atoms with Gasteiger partial charge in [0.1, 0.15) is 0 Å². The summed E-state index contributed by atoms with van der Waals surface area (Å²) in [6.45, 7) is 4.76. The van der Waals surface area contributed by atoms with Gasteiger partial charge in [0.2, 0.25) is 0 Å². The van der Waals surface area contributed by atoms with E-state index in [9.17, 15) is 9.59 Å². The lowest BCUT2D eigenvalue weighted by atomic mass is 10.0. The van der Waals surface area contributed by atoms with Crippen LogP contribution in [0, 0.1) is 0 Å². The van der Waals surface area contributed by atoms with Crippen LogP contribution in [0.15, 0.2) is 41.8 Å². The number of nitrogens with zero attached hydrogens (tertiary/aromatic N) is 2. The topological polar surface area (TPSA) is 59.5 Å². The predicted octanol–water partition coefficient (Wildman–Crippen LogP) is 4.81. The molecule has 1 aliphatic carbocycles. The molecular formula is C24H24N2O3S. The number of pyridine rings is 1. The summed E-state index contributed by atoms with van der Waals surface area (Å²) in [4.78, 5) is 33.1. The minimum atomic E-state index is -0.456. The number of para-hydroxylation sites is 1. The summed E-state index contributed by atoms with van der Waals surface area (Å²) in [5.41, 5.74) is 4.21. The highest BCUT2D eigenvalue weighted by Crippen LogP contribution is 2.38. The molecule has 4 rings (SSSR count). The smallest absolute Gasteiger partial charge is 0.339 e. The monoisotopic (exact) mass is 420 g/mol. The molecule has 1 aromatic carbocycles. The Morgan fingerprint density at radius 1 is 1.13 bits per heavy atom. The largest absolute Gasteiger partial charge is 0.452 e. The molecule has 1 amide bonds. The van der Waals surface area contributed by atoms with Gasteiger partial charge in [-0.05, 0) is 61.4 Å². The van der Waals surface area contributed by atoms with Crippen LogP contribution in [-0.2, 0) is 16.0 Å². The molecular weight excluding hydrogens is 396 g/mol. The number of allylic oxidation sites excluding steroid dienone is 1. The maximum Gasteiger partial charge on any atom is 0.339 e. The summed E-state index contributed by atoms with van der Waals surface area (Å²) < 4.78 is 5.47. The van der Waals surface area contributed by atoms with Gasteiger partial charge < -0.3 is 9.64 Å². The Kier molecular flexibility index (Phi) is 5.95. The van der Waals surface area contributed by atoms with Gasteiger partial charge in [0.05, 0.1) is 16.8 Å². The molecule has 0 aliphatic heterocycles. The number of carbonyl (C=O) groups is 2. The van der Waals surface area contributed by atoms with Crippen LogP contribution >= 0.6 is 11.3 Å². The van der Waals surface area contributed by atoms with E-state index in [1.807, 2.05) is 49.6 Å². The van der Waals surface area contributed by atoms with Gasteiger partial charge >= 0.3 is 5.97 Å². The molecule has 0 atom stereocenters. The summed E-state index contributed by atoms with van der Waals surface area (Å²) in [5, 5.41) is 2.82. The highest BCUT2D eigenvalue weighted by Gasteiger charge is 2.28. The fourth-order valence-electron chi connectivity index (χ4n) is 3.92. The van der Waals surface area contributed by atoms with Crippen molar-refractivity contribution in [1.82, 2.24) is 9.88 Å². The third-order valence-electron chi connectivity index (χ3n) is 5.45. The van der Waals surface area contributed by atoms with Crippen LogP contribution in [0.1, 0.15) is 46.8 Å². The predicted molar refractivity (Wildman–Crippen MR) is 120 cm³/mol. The second-order valence-electron chi connectivity index (χ2n) is 7.16. The van der Waals surface area contributed by atoms with Gasteiger partial charge in [-0.1, -0.05) is 24.3 Å². The van der Waals surface area contributed by atoms with E-state index in [0.717, 1.165) is 40.6 Å². The Balaban J connectivity index is 1.71. The Labute approximate surface area is 180 Å². The van der Waals surface area contributed by atoms with Crippen molar-refractivity contribution in [2.24, 2.45) is 0 Å². The first kappa shape index (κ1) is 20.3. The van der Waals surface area contributed by atoms with Gasteiger partial charge in [-0.2, -0.15) is 0 Å². The molecule has 30 heavy (non-hydrogen) atoms. The number of aromatic nitrogens is 1. The maximum absolute atomic E-state index is 13.1. The molecule has 3 aromatic rings. The number of amides is 1. The molecule has 6 heteroatoms. The first-order chi connectivity index (χ1) is 14.6. The number of fused-ring (bicyclic) bond motifs is 2. The van der Waals surface area contributed by atoms with Crippen LogP contribution in [-0.4, -0.2) is 41.5 Å². The van der Waals surface area contributed by atoms with E-state index in [-0.39, 0.29) is 12.5 Å². The van der Waals surface area contributed by atoms with Crippen LogP contribution in [0.25, 0.3) is 22.6 Å².